The lowest BCUT2D eigenvalue weighted by Gasteiger charge is -2.62. The van der Waals surface area contributed by atoms with E-state index in [1.54, 1.807) is 0 Å². The summed E-state index contributed by atoms with van der Waals surface area (Å²) in [5.74, 6) is 0.908. The minimum atomic E-state index is -1.17. The van der Waals surface area contributed by atoms with Crippen LogP contribution >= 0.6 is 0 Å². The highest BCUT2D eigenvalue weighted by Crippen LogP contribution is 2.65. The molecule has 1 aliphatic heterocycles. The van der Waals surface area contributed by atoms with Crippen molar-refractivity contribution in [3.05, 3.63) is 0 Å². The van der Waals surface area contributed by atoms with E-state index in [2.05, 4.69) is 13.8 Å². The molecule has 0 amide bonds. The quantitative estimate of drug-likeness (QED) is 0.166. The van der Waals surface area contributed by atoms with Crippen LogP contribution in [0.1, 0.15) is 151 Å². The Morgan fingerprint density at radius 3 is 1.88 bits per heavy atom. The molecule has 8 bridgehead atoms. The van der Waals surface area contributed by atoms with Gasteiger partial charge < -0.3 is 24.1 Å². The highest BCUT2D eigenvalue weighted by atomic mass is 16.6. The standard InChI is InChI=1S/C41H62O9/c1-8-38(7,34(45)49-36(4,5)39-15-25-11-26(16-39)13-27(12-25)17-39)37(6,22-31(42)48-30-9-10-47-32(30)43)23-35(2,3)33(44)50-41-20-28-14-29(21-41)19-40(46,18-28)24-41/h25-30,46H,8-24H2,1-7H3. The number of carbonyl (C=O) groups excluding carboxylic acids is 4. The first kappa shape index (κ1) is 36.2. The second-order valence-electron chi connectivity index (χ2n) is 20.3. The molecule has 8 saturated carbocycles. The van der Waals surface area contributed by atoms with E-state index in [1.165, 1.54) is 19.3 Å². The molecule has 9 fully saturated rings. The third kappa shape index (κ3) is 6.11. The fourth-order valence-corrected chi connectivity index (χ4v) is 13.3. The highest BCUT2D eigenvalue weighted by molar-refractivity contribution is 5.83. The van der Waals surface area contributed by atoms with Crippen molar-refractivity contribution in [1.82, 2.24) is 0 Å². The van der Waals surface area contributed by atoms with Crippen LogP contribution in [0.15, 0.2) is 0 Å². The lowest BCUT2D eigenvalue weighted by atomic mass is 9.45. The van der Waals surface area contributed by atoms with E-state index >= 15 is 0 Å². The fraction of sp³-hybridized carbons (Fsp3) is 0.902. The summed E-state index contributed by atoms with van der Waals surface area (Å²) >= 11 is 0. The first-order valence-electron chi connectivity index (χ1n) is 19.8. The molecule has 5 unspecified atom stereocenters. The Morgan fingerprint density at radius 2 is 1.38 bits per heavy atom. The largest absolute Gasteiger partial charge is 0.463 e. The summed E-state index contributed by atoms with van der Waals surface area (Å²) in [6.45, 7) is 13.8. The molecule has 1 heterocycles. The molecule has 0 aromatic heterocycles. The van der Waals surface area contributed by atoms with Crippen LogP contribution in [0.2, 0.25) is 0 Å². The molecule has 0 aromatic carbocycles. The number of cyclic esters (lactones) is 1. The van der Waals surface area contributed by atoms with Crippen LogP contribution in [0, 0.1) is 51.2 Å². The summed E-state index contributed by atoms with van der Waals surface area (Å²) in [6, 6.07) is 0. The number of ether oxygens (including phenoxy) is 4. The zero-order valence-corrected chi connectivity index (χ0v) is 31.7. The van der Waals surface area contributed by atoms with Gasteiger partial charge in [-0.15, -0.1) is 0 Å². The summed E-state index contributed by atoms with van der Waals surface area (Å²) < 4.78 is 23.9. The number of hydrogen-bond donors (Lipinski definition) is 1. The Balaban J connectivity index is 1.14. The van der Waals surface area contributed by atoms with E-state index in [-0.39, 0.29) is 36.8 Å². The van der Waals surface area contributed by atoms with Crippen LogP contribution in [0.3, 0.4) is 0 Å². The summed E-state index contributed by atoms with van der Waals surface area (Å²) in [7, 11) is 0. The number of aliphatic hydroxyl groups is 1. The smallest absolute Gasteiger partial charge is 0.347 e. The van der Waals surface area contributed by atoms with Crippen molar-refractivity contribution in [1.29, 1.82) is 0 Å². The minimum absolute atomic E-state index is 0.0603. The predicted molar refractivity (Wildman–Crippen MR) is 184 cm³/mol. The minimum Gasteiger partial charge on any atom is -0.463 e. The van der Waals surface area contributed by atoms with Gasteiger partial charge in [0.25, 0.3) is 0 Å². The Hall–Kier alpha value is -2.16. The maximum absolute atomic E-state index is 14.8. The highest BCUT2D eigenvalue weighted by Gasteiger charge is 2.63. The summed E-state index contributed by atoms with van der Waals surface area (Å²) in [4.78, 5) is 55.1. The second-order valence-corrected chi connectivity index (χ2v) is 20.3. The van der Waals surface area contributed by atoms with Gasteiger partial charge in [0.15, 0.2) is 0 Å². The van der Waals surface area contributed by atoms with Crippen molar-refractivity contribution >= 4 is 23.9 Å². The van der Waals surface area contributed by atoms with Crippen LogP contribution in [0.25, 0.3) is 0 Å². The molecule has 5 atom stereocenters. The molecule has 0 radical (unpaired) electrons. The molecule has 0 spiro atoms. The van der Waals surface area contributed by atoms with E-state index in [4.69, 9.17) is 18.9 Å². The van der Waals surface area contributed by atoms with Gasteiger partial charge in [0.05, 0.1) is 29.5 Å². The molecule has 1 N–H and O–H groups in total. The number of esters is 4. The average molecular weight is 699 g/mol. The van der Waals surface area contributed by atoms with Crippen molar-refractivity contribution in [3.63, 3.8) is 0 Å². The van der Waals surface area contributed by atoms with E-state index < -0.39 is 51.1 Å². The Bertz CT molecular complexity index is 1360. The van der Waals surface area contributed by atoms with Crippen molar-refractivity contribution < 1.29 is 43.2 Å². The van der Waals surface area contributed by atoms with Crippen LogP contribution in [0.5, 0.6) is 0 Å². The fourth-order valence-electron chi connectivity index (χ4n) is 13.3. The molecular weight excluding hydrogens is 636 g/mol. The molecule has 8 aliphatic carbocycles. The van der Waals surface area contributed by atoms with Crippen LogP contribution in [0.4, 0.5) is 0 Å². The van der Waals surface area contributed by atoms with E-state index in [0.29, 0.717) is 48.9 Å². The van der Waals surface area contributed by atoms with Gasteiger partial charge in [-0.1, -0.05) is 13.8 Å². The van der Waals surface area contributed by atoms with Gasteiger partial charge >= 0.3 is 23.9 Å². The maximum Gasteiger partial charge on any atom is 0.347 e. The third-order valence-corrected chi connectivity index (χ3v) is 15.5. The molecule has 50 heavy (non-hydrogen) atoms. The van der Waals surface area contributed by atoms with Gasteiger partial charge in [0.2, 0.25) is 6.10 Å². The van der Waals surface area contributed by atoms with E-state index in [0.717, 1.165) is 51.4 Å². The topological polar surface area (TPSA) is 125 Å². The van der Waals surface area contributed by atoms with Crippen LogP contribution < -0.4 is 0 Å². The van der Waals surface area contributed by atoms with Gasteiger partial charge in [-0.3, -0.25) is 14.4 Å². The lowest BCUT2D eigenvalue weighted by molar-refractivity contribution is -0.228. The first-order chi connectivity index (χ1) is 23.2. The van der Waals surface area contributed by atoms with Gasteiger partial charge in [0.1, 0.15) is 11.2 Å². The number of rotatable bonds is 12. The molecule has 9 heteroatoms. The summed E-state index contributed by atoms with van der Waals surface area (Å²) in [5, 5.41) is 11.3. The number of hydrogen-bond acceptors (Lipinski definition) is 9. The molecule has 0 aromatic rings. The molecule has 9 rings (SSSR count). The van der Waals surface area contributed by atoms with E-state index in [1.807, 2.05) is 34.6 Å². The normalized spacial score (nSPS) is 40.9. The lowest BCUT2D eigenvalue weighted by Crippen LogP contribution is -2.61. The molecule has 9 nitrogen and oxygen atoms in total. The average Bonchev–Trinajstić information content (AvgIpc) is 3.37. The van der Waals surface area contributed by atoms with Crippen molar-refractivity contribution in [2.24, 2.45) is 51.2 Å². The Kier molecular flexibility index (Phi) is 8.64. The van der Waals surface area contributed by atoms with Crippen molar-refractivity contribution in [3.8, 4) is 0 Å². The monoisotopic (exact) mass is 698 g/mol. The molecule has 1 saturated heterocycles. The first-order valence-corrected chi connectivity index (χ1v) is 19.8. The molecule has 9 aliphatic rings. The number of carbonyl (C=O) groups is 4. The van der Waals surface area contributed by atoms with Gasteiger partial charge in [-0.25, -0.2) is 4.79 Å². The SMILES string of the molecule is CCC(C)(C(=O)OC(C)(C)C12CC3CC(CC(C3)C1)C2)C(C)(CC(=O)OC1CCOC1=O)CC(C)(C)C(=O)OC12CC3CC(CC(O)(C3)C1)C2. The maximum atomic E-state index is 14.8. The van der Waals surface area contributed by atoms with Crippen molar-refractivity contribution in [2.75, 3.05) is 6.61 Å². The third-order valence-electron chi connectivity index (χ3n) is 15.5. The van der Waals surface area contributed by atoms with Gasteiger partial charge in [-0.2, -0.15) is 0 Å². The van der Waals surface area contributed by atoms with E-state index in [9.17, 15) is 24.3 Å². The zero-order chi connectivity index (χ0) is 36.1. The molecule has 280 valence electrons. The van der Waals surface area contributed by atoms with Gasteiger partial charge in [0, 0.05) is 18.3 Å². The molecular formula is C41H62O9. The Morgan fingerprint density at radius 1 is 0.820 bits per heavy atom. The zero-order valence-electron chi connectivity index (χ0n) is 31.7. The Labute approximate surface area is 298 Å². The van der Waals surface area contributed by atoms with Crippen molar-refractivity contribution in [2.45, 2.75) is 174 Å². The predicted octanol–water partition coefficient (Wildman–Crippen LogP) is 7.24. The second kappa shape index (κ2) is 11.9. The summed E-state index contributed by atoms with van der Waals surface area (Å²) in [6.07, 6.45) is 11.4. The van der Waals surface area contributed by atoms with Crippen LogP contribution in [-0.2, 0) is 38.1 Å². The van der Waals surface area contributed by atoms with Gasteiger partial charge in [-0.05, 0) is 153 Å². The van der Waals surface area contributed by atoms with Crippen LogP contribution in [-0.4, -0.2) is 58.5 Å². The summed E-state index contributed by atoms with van der Waals surface area (Å²) in [5.41, 5.74) is -5.57.